The molecule has 0 bridgehead atoms. The van der Waals surface area contributed by atoms with Crippen molar-refractivity contribution in [3.05, 3.63) is 40.8 Å². The maximum atomic E-state index is 10.8. The highest BCUT2D eigenvalue weighted by atomic mass is 79.9. The zero-order valence-corrected chi connectivity index (χ0v) is 13.1. The normalized spacial score (nSPS) is 10.6. The molecule has 0 aliphatic rings. The molecule has 0 radical (unpaired) electrons. The van der Waals surface area contributed by atoms with E-state index in [0.29, 0.717) is 12.3 Å². The fraction of sp³-hybridized carbons (Fsp3) is 0.333. The first-order chi connectivity index (χ1) is 10.2. The van der Waals surface area contributed by atoms with Crippen LogP contribution in [0.1, 0.15) is 31.6 Å². The van der Waals surface area contributed by atoms with Crippen LogP contribution in [-0.2, 0) is 11.2 Å². The predicted octanol–water partition coefficient (Wildman–Crippen LogP) is 3.71. The topological polar surface area (TPSA) is 75.4 Å². The maximum absolute atomic E-state index is 10.8. The van der Waals surface area contributed by atoms with Gasteiger partial charge in [0, 0.05) is 22.9 Å². The summed E-state index contributed by atoms with van der Waals surface area (Å²) in [5.41, 5.74) is 2.62. The van der Waals surface area contributed by atoms with E-state index in [4.69, 9.17) is 9.62 Å². The Labute approximate surface area is 131 Å². The Kier molecular flexibility index (Phi) is 5.95. The number of hydroxylamine groups is 1. The van der Waals surface area contributed by atoms with Crippen molar-refractivity contribution in [3.8, 4) is 11.3 Å². The Balaban J connectivity index is 1.78. The number of carbonyl (C=O) groups is 1. The second kappa shape index (κ2) is 7.95. The fourth-order valence-corrected chi connectivity index (χ4v) is 2.23. The van der Waals surface area contributed by atoms with E-state index < -0.39 is 0 Å². The number of nitrogens with one attached hydrogen (secondary N) is 1. The molecule has 21 heavy (non-hydrogen) atoms. The molecule has 0 atom stereocenters. The van der Waals surface area contributed by atoms with Gasteiger partial charge < -0.3 is 4.42 Å². The van der Waals surface area contributed by atoms with Gasteiger partial charge in [-0.1, -0.05) is 34.5 Å². The first-order valence-electron chi connectivity index (χ1n) is 6.82. The lowest BCUT2D eigenvalue weighted by Crippen LogP contribution is -2.17. The van der Waals surface area contributed by atoms with Gasteiger partial charge >= 0.3 is 0 Å². The number of halogens is 1. The number of oxazole rings is 1. The zero-order chi connectivity index (χ0) is 15.1. The van der Waals surface area contributed by atoms with Crippen molar-refractivity contribution in [3.63, 3.8) is 0 Å². The maximum Gasteiger partial charge on any atom is 0.243 e. The van der Waals surface area contributed by atoms with Gasteiger partial charge in [-0.25, -0.2) is 10.5 Å². The molecule has 0 saturated heterocycles. The van der Waals surface area contributed by atoms with Gasteiger partial charge in [0.2, 0.25) is 5.91 Å². The molecule has 0 unspecified atom stereocenters. The minimum Gasteiger partial charge on any atom is -0.441 e. The largest absolute Gasteiger partial charge is 0.441 e. The standard InChI is InChI=1S/C15H17BrN2O3/c16-12-8-6-11(7-9-12)13-10-17-15(21-13)5-3-1-2-4-14(19)18-20/h6-10,20H,1-5H2,(H,18,19). The molecule has 1 aromatic carbocycles. The number of unbranched alkanes of at least 4 members (excludes halogenated alkanes) is 2. The minimum atomic E-state index is -0.344. The van der Waals surface area contributed by atoms with Gasteiger partial charge in [-0.15, -0.1) is 0 Å². The average molecular weight is 353 g/mol. The van der Waals surface area contributed by atoms with E-state index >= 15 is 0 Å². The monoisotopic (exact) mass is 352 g/mol. The van der Waals surface area contributed by atoms with E-state index in [1.807, 2.05) is 24.3 Å². The SMILES string of the molecule is O=C(CCCCCc1ncc(-c2ccc(Br)cc2)o1)NO. The summed E-state index contributed by atoms with van der Waals surface area (Å²) < 4.78 is 6.74. The van der Waals surface area contributed by atoms with Gasteiger partial charge in [0.15, 0.2) is 11.7 Å². The zero-order valence-electron chi connectivity index (χ0n) is 11.5. The lowest BCUT2D eigenvalue weighted by Gasteiger charge is -1.99. The summed E-state index contributed by atoms with van der Waals surface area (Å²) in [6.07, 6.45) is 5.36. The molecule has 1 heterocycles. The van der Waals surface area contributed by atoms with Crippen molar-refractivity contribution in [2.75, 3.05) is 0 Å². The van der Waals surface area contributed by atoms with Crippen LogP contribution in [0.3, 0.4) is 0 Å². The number of benzene rings is 1. The van der Waals surface area contributed by atoms with Crippen molar-refractivity contribution >= 4 is 21.8 Å². The lowest BCUT2D eigenvalue weighted by molar-refractivity contribution is -0.129. The summed E-state index contributed by atoms with van der Waals surface area (Å²) in [7, 11) is 0. The number of amides is 1. The third-order valence-corrected chi connectivity index (χ3v) is 3.63. The van der Waals surface area contributed by atoms with E-state index in [2.05, 4.69) is 20.9 Å². The number of aromatic nitrogens is 1. The highest BCUT2D eigenvalue weighted by molar-refractivity contribution is 9.10. The lowest BCUT2D eigenvalue weighted by atomic mass is 10.1. The first-order valence-corrected chi connectivity index (χ1v) is 7.62. The molecule has 2 N–H and O–H groups in total. The fourth-order valence-electron chi connectivity index (χ4n) is 1.97. The van der Waals surface area contributed by atoms with Crippen molar-refractivity contribution in [2.24, 2.45) is 0 Å². The van der Waals surface area contributed by atoms with Gasteiger partial charge in [-0.3, -0.25) is 10.0 Å². The van der Waals surface area contributed by atoms with Gasteiger partial charge in [-0.2, -0.15) is 0 Å². The second-order valence-electron chi connectivity index (χ2n) is 4.72. The summed E-state index contributed by atoms with van der Waals surface area (Å²) in [6, 6.07) is 7.87. The van der Waals surface area contributed by atoms with Crippen molar-refractivity contribution in [1.82, 2.24) is 10.5 Å². The number of hydrogen-bond donors (Lipinski definition) is 2. The Morgan fingerprint density at radius 2 is 2.00 bits per heavy atom. The molecule has 0 aliphatic carbocycles. The molecule has 0 aliphatic heterocycles. The third-order valence-electron chi connectivity index (χ3n) is 3.10. The van der Waals surface area contributed by atoms with Crippen LogP contribution >= 0.6 is 15.9 Å². The highest BCUT2D eigenvalue weighted by Gasteiger charge is 2.06. The van der Waals surface area contributed by atoms with Crippen LogP contribution in [0.2, 0.25) is 0 Å². The second-order valence-corrected chi connectivity index (χ2v) is 5.64. The molecule has 0 fully saturated rings. The Hall–Kier alpha value is -1.66. The van der Waals surface area contributed by atoms with Crippen LogP contribution in [0, 0.1) is 0 Å². The van der Waals surface area contributed by atoms with Crippen LogP contribution in [0.5, 0.6) is 0 Å². The summed E-state index contributed by atoms with van der Waals surface area (Å²) in [4.78, 5) is 15.1. The molecule has 1 amide bonds. The molecule has 112 valence electrons. The van der Waals surface area contributed by atoms with Crippen molar-refractivity contribution in [1.29, 1.82) is 0 Å². The number of rotatable bonds is 7. The van der Waals surface area contributed by atoms with Crippen LogP contribution in [0.4, 0.5) is 0 Å². The van der Waals surface area contributed by atoms with Crippen LogP contribution in [0.25, 0.3) is 11.3 Å². The molecule has 1 aromatic heterocycles. The third kappa shape index (κ3) is 4.99. The van der Waals surface area contributed by atoms with E-state index in [1.54, 1.807) is 11.7 Å². The first kappa shape index (κ1) is 15.7. The molecule has 5 nitrogen and oxygen atoms in total. The van der Waals surface area contributed by atoms with E-state index in [1.165, 1.54) is 0 Å². The molecular weight excluding hydrogens is 336 g/mol. The summed E-state index contributed by atoms with van der Waals surface area (Å²) >= 11 is 3.40. The molecule has 0 saturated carbocycles. The summed E-state index contributed by atoms with van der Waals surface area (Å²) in [5, 5.41) is 8.37. The highest BCUT2D eigenvalue weighted by Crippen LogP contribution is 2.23. The smallest absolute Gasteiger partial charge is 0.243 e. The van der Waals surface area contributed by atoms with Gasteiger partial charge in [0.25, 0.3) is 0 Å². The van der Waals surface area contributed by atoms with Gasteiger partial charge in [0.05, 0.1) is 6.20 Å². The Bertz CT molecular complexity index is 581. The summed E-state index contributed by atoms with van der Waals surface area (Å²) in [5.74, 6) is 1.13. The number of aryl methyl sites for hydroxylation is 1. The molecule has 6 heteroatoms. The molecule has 0 spiro atoms. The van der Waals surface area contributed by atoms with Crippen LogP contribution in [0.15, 0.2) is 39.4 Å². The number of hydrogen-bond acceptors (Lipinski definition) is 4. The quantitative estimate of drug-likeness (QED) is 0.452. The number of carbonyl (C=O) groups excluding carboxylic acids is 1. The van der Waals surface area contributed by atoms with E-state index in [0.717, 1.165) is 41.5 Å². The minimum absolute atomic E-state index is 0.340. The Morgan fingerprint density at radius 3 is 2.71 bits per heavy atom. The van der Waals surface area contributed by atoms with Crippen molar-refractivity contribution in [2.45, 2.75) is 32.1 Å². The van der Waals surface area contributed by atoms with Crippen LogP contribution < -0.4 is 5.48 Å². The molecule has 2 rings (SSSR count). The predicted molar refractivity (Wildman–Crippen MR) is 81.7 cm³/mol. The van der Waals surface area contributed by atoms with E-state index in [9.17, 15) is 4.79 Å². The van der Waals surface area contributed by atoms with Crippen molar-refractivity contribution < 1.29 is 14.4 Å². The van der Waals surface area contributed by atoms with Gasteiger partial charge in [-0.05, 0) is 25.0 Å². The molecule has 2 aromatic rings. The van der Waals surface area contributed by atoms with E-state index in [-0.39, 0.29) is 5.91 Å². The summed E-state index contributed by atoms with van der Waals surface area (Å²) in [6.45, 7) is 0. The Morgan fingerprint density at radius 1 is 1.24 bits per heavy atom. The van der Waals surface area contributed by atoms with Crippen LogP contribution in [-0.4, -0.2) is 16.1 Å². The number of nitrogens with zero attached hydrogens (tertiary/aromatic N) is 1. The molecular formula is C15H17BrN2O3. The van der Waals surface area contributed by atoms with Gasteiger partial charge in [0.1, 0.15) is 0 Å². The average Bonchev–Trinajstić information content (AvgIpc) is 2.96.